The topological polar surface area (TPSA) is 29.1 Å². The molecule has 0 saturated heterocycles. The van der Waals surface area contributed by atoms with Gasteiger partial charge in [0.15, 0.2) is 0 Å². The van der Waals surface area contributed by atoms with Crippen molar-refractivity contribution in [2.45, 2.75) is 10.6 Å². The molecule has 126 valence electrons. The van der Waals surface area contributed by atoms with Crippen molar-refractivity contribution in [2.75, 3.05) is 5.32 Å². The summed E-state index contributed by atoms with van der Waals surface area (Å²) < 4.78 is 0. The van der Waals surface area contributed by atoms with E-state index >= 15 is 0 Å². The molecule has 25 heavy (non-hydrogen) atoms. The lowest BCUT2D eigenvalue weighted by Crippen LogP contribution is -2.13. The number of amides is 1. The molecule has 0 bridgehead atoms. The fourth-order valence-corrected chi connectivity index (χ4v) is 3.64. The first-order valence-corrected chi connectivity index (χ1v) is 9.40. The minimum absolute atomic E-state index is 0.208. The number of hydrogen-bond acceptors (Lipinski definition) is 2. The van der Waals surface area contributed by atoms with E-state index in [1.165, 1.54) is 5.56 Å². The molecule has 0 aliphatic heterocycles. The van der Waals surface area contributed by atoms with Crippen LogP contribution in [0.5, 0.6) is 0 Å². The Kier molecular flexibility index (Phi) is 6.03. The Morgan fingerprint density at radius 1 is 0.920 bits per heavy atom. The van der Waals surface area contributed by atoms with Crippen molar-refractivity contribution in [3.63, 3.8) is 0 Å². The number of anilines is 1. The first-order chi connectivity index (χ1) is 12.1. The van der Waals surface area contributed by atoms with Gasteiger partial charge in [-0.2, -0.15) is 0 Å². The van der Waals surface area contributed by atoms with Gasteiger partial charge >= 0.3 is 0 Å². The van der Waals surface area contributed by atoms with Crippen LogP contribution in [0.4, 0.5) is 5.69 Å². The maximum Gasteiger partial charge on any atom is 0.256 e. The van der Waals surface area contributed by atoms with Crippen LogP contribution >= 0.6 is 35.0 Å². The van der Waals surface area contributed by atoms with E-state index in [4.69, 9.17) is 23.2 Å². The number of hydrogen-bond donors (Lipinski definition) is 1. The summed E-state index contributed by atoms with van der Waals surface area (Å²) in [4.78, 5) is 13.6. The van der Waals surface area contributed by atoms with Gasteiger partial charge in [-0.3, -0.25) is 4.79 Å². The van der Waals surface area contributed by atoms with Crippen LogP contribution in [0.2, 0.25) is 10.0 Å². The molecule has 3 aromatic rings. The highest BCUT2D eigenvalue weighted by molar-refractivity contribution is 7.98. The Labute approximate surface area is 161 Å². The number of carbonyl (C=O) groups excluding carboxylic acids is 1. The molecule has 2 nitrogen and oxygen atoms in total. The number of nitrogens with one attached hydrogen (secondary N) is 1. The molecule has 0 spiro atoms. The van der Waals surface area contributed by atoms with Gasteiger partial charge in [0.1, 0.15) is 0 Å². The van der Waals surface area contributed by atoms with E-state index in [1.807, 2.05) is 36.4 Å². The van der Waals surface area contributed by atoms with Crippen LogP contribution in [-0.2, 0) is 5.75 Å². The van der Waals surface area contributed by atoms with Crippen LogP contribution in [0.1, 0.15) is 15.9 Å². The molecular weight excluding hydrogens is 373 g/mol. The van der Waals surface area contributed by atoms with Crippen LogP contribution in [-0.4, -0.2) is 5.91 Å². The van der Waals surface area contributed by atoms with Crippen molar-refractivity contribution in [1.82, 2.24) is 0 Å². The zero-order valence-electron chi connectivity index (χ0n) is 13.2. The van der Waals surface area contributed by atoms with Gasteiger partial charge < -0.3 is 5.32 Å². The van der Waals surface area contributed by atoms with Gasteiger partial charge in [-0.1, -0.05) is 65.7 Å². The number of thioether (sulfide) groups is 1. The number of benzene rings is 3. The lowest BCUT2D eigenvalue weighted by atomic mass is 10.2. The fourth-order valence-electron chi connectivity index (χ4n) is 2.30. The molecule has 0 saturated carbocycles. The Balaban J connectivity index is 1.77. The predicted octanol–water partition coefficient (Wildman–Crippen LogP) is 6.54. The molecule has 3 aromatic carbocycles. The average Bonchev–Trinajstić information content (AvgIpc) is 2.64. The number of rotatable bonds is 5. The molecule has 0 heterocycles. The molecular formula is C20H15Cl2NOS. The van der Waals surface area contributed by atoms with Crippen LogP contribution in [0.15, 0.2) is 77.7 Å². The second kappa shape index (κ2) is 8.43. The smallest absolute Gasteiger partial charge is 0.256 e. The van der Waals surface area contributed by atoms with E-state index in [-0.39, 0.29) is 5.91 Å². The monoisotopic (exact) mass is 387 g/mol. The highest BCUT2D eigenvalue weighted by Crippen LogP contribution is 2.29. The molecule has 0 aromatic heterocycles. The van der Waals surface area contributed by atoms with E-state index in [2.05, 4.69) is 17.4 Å². The standard InChI is InChI=1S/C20H15Cl2NOS/c21-15-10-11-17(22)18(12-15)23-20(24)16-8-4-5-9-19(16)25-13-14-6-2-1-3-7-14/h1-12H,13H2,(H,23,24). The highest BCUT2D eigenvalue weighted by atomic mass is 35.5. The zero-order valence-corrected chi connectivity index (χ0v) is 15.5. The maximum atomic E-state index is 12.7. The summed E-state index contributed by atoms with van der Waals surface area (Å²) in [6.45, 7) is 0. The van der Waals surface area contributed by atoms with Crippen LogP contribution in [0.25, 0.3) is 0 Å². The van der Waals surface area contributed by atoms with Gasteiger partial charge in [0.25, 0.3) is 5.91 Å². The molecule has 0 unspecified atom stereocenters. The van der Waals surface area contributed by atoms with Crippen molar-refractivity contribution in [3.05, 3.63) is 94.0 Å². The molecule has 0 fully saturated rings. The molecule has 1 N–H and O–H groups in total. The Morgan fingerprint density at radius 3 is 2.44 bits per heavy atom. The van der Waals surface area contributed by atoms with E-state index in [0.29, 0.717) is 21.3 Å². The third-order valence-electron chi connectivity index (χ3n) is 3.55. The highest BCUT2D eigenvalue weighted by Gasteiger charge is 2.13. The van der Waals surface area contributed by atoms with Gasteiger partial charge in [-0.15, -0.1) is 11.8 Å². The quantitative estimate of drug-likeness (QED) is 0.503. The zero-order chi connectivity index (χ0) is 17.6. The summed E-state index contributed by atoms with van der Waals surface area (Å²) in [5, 5.41) is 3.81. The van der Waals surface area contributed by atoms with Crippen molar-refractivity contribution in [2.24, 2.45) is 0 Å². The molecule has 0 aliphatic rings. The Morgan fingerprint density at radius 2 is 1.64 bits per heavy atom. The van der Waals surface area contributed by atoms with Gasteiger partial charge in [0.05, 0.1) is 16.3 Å². The second-order valence-corrected chi connectivity index (χ2v) is 7.21. The predicted molar refractivity (Wildman–Crippen MR) is 107 cm³/mol. The normalized spacial score (nSPS) is 10.5. The van der Waals surface area contributed by atoms with E-state index in [1.54, 1.807) is 36.0 Å². The van der Waals surface area contributed by atoms with Crippen molar-refractivity contribution >= 4 is 46.6 Å². The van der Waals surface area contributed by atoms with Gasteiger partial charge in [-0.25, -0.2) is 0 Å². The summed E-state index contributed by atoms with van der Waals surface area (Å²) in [5.41, 5.74) is 2.32. The largest absolute Gasteiger partial charge is 0.321 e. The first kappa shape index (κ1) is 17.9. The van der Waals surface area contributed by atoms with Crippen LogP contribution in [0, 0.1) is 0 Å². The average molecular weight is 388 g/mol. The minimum Gasteiger partial charge on any atom is -0.321 e. The van der Waals surface area contributed by atoms with Gasteiger partial charge in [0, 0.05) is 15.7 Å². The maximum absolute atomic E-state index is 12.7. The molecule has 0 atom stereocenters. The second-order valence-electron chi connectivity index (χ2n) is 5.35. The number of halogens is 2. The van der Waals surface area contributed by atoms with Gasteiger partial charge in [-0.05, 0) is 35.9 Å². The summed E-state index contributed by atoms with van der Waals surface area (Å²) in [7, 11) is 0. The van der Waals surface area contributed by atoms with Crippen LogP contribution < -0.4 is 5.32 Å². The van der Waals surface area contributed by atoms with Crippen molar-refractivity contribution in [1.29, 1.82) is 0 Å². The molecule has 1 amide bonds. The third-order valence-corrected chi connectivity index (χ3v) is 5.25. The minimum atomic E-state index is -0.208. The van der Waals surface area contributed by atoms with E-state index in [9.17, 15) is 4.79 Å². The van der Waals surface area contributed by atoms with Crippen LogP contribution in [0.3, 0.4) is 0 Å². The van der Waals surface area contributed by atoms with Gasteiger partial charge in [0.2, 0.25) is 0 Å². The SMILES string of the molecule is O=C(Nc1cc(Cl)ccc1Cl)c1ccccc1SCc1ccccc1. The molecule has 0 aliphatic carbocycles. The molecule has 0 radical (unpaired) electrons. The van der Waals surface area contributed by atoms with Crippen molar-refractivity contribution in [3.8, 4) is 0 Å². The fraction of sp³-hybridized carbons (Fsp3) is 0.0500. The molecule has 5 heteroatoms. The summed E-state index contributed by atoms with van der Waals surface area (Å²) >= 11 is 13.7. The lowest BCUT2D eigenvalue weighted by molar-refractivity contribution is 0.102. The lowest BCUT2D eigenvalue weighted by Gasteiger charge is -2.11. The Bertz CT molecular complexity index is 884. The first-order valence-electron chi connectivity index (χ1n) is 7.65. The third kappa shape index (κ3) is 4.79. The van der Waals surface area contributed by atoms with E-state index in [0.717, 1.165) is 10.6 Å². The van der Waals surface area contributed by atoms with E-state index < -0.39 is 0 Å². The van der Waals surface area contributed by atoms with Crippen molar-refractivity contribution < 1.29 is 4.79 Å². The summed E-state index contributed by atoms with van der Waals surface area (Å²) in [6, 6.07) is 22.7. The number of carbonyl (C=O) groups is 1. The summed E-state index contributed by atoms with van der Waals surface area (Å²) in [6.07, 6.45) is 0. The summed E-state index contributed by atoms with van der Waals surface area (Å²) in [5.74, 6) is 0.587. The molecule has 3 rings (SSSR count). The Hall–Kier alpha value is -1.94.